The Labute approximate surface area is 160 Å². The smallest absolute Gasteiger partial charge is 0.271 e. The Morgan fingerprint density at radius 1 is 1.25 bits per heavy atom. The number of hydrogen-bond acceptors (Lipinski definition) is 4. The second-order valence-electron chi connectivity index (χ2n) is 5.22. The Hall–Kier alpha value is -1.57. The third kappa shape index (κ3) is 3.29. The Bertz CT molecular complexity index is 896. The van der Waals surface area contributed by atoms with Gasteiger partial charge in [-0.15, -0.1) is 0 Å². The fourth-order valence-electron chi connectivity index (χ4n) is 2.33. The maximum atomic E-state index is 12.7. The SMILES string of the molecule is Cc1cccc(N2C(=N)S/C(=C\c3cc(Br)cc(Br)c3O)C2=O)c1. The van der Waals surface area contributed by atoms with E-state index in [0.29, 0.717) is 20.6 Å². The number of phenols is 1. The fraction of sp³-hybridized carbons (Fsp3) is 0.0588. The number of anilines is 1. The summed E-state index contributed by atoms with van der Waals surface area (Å²) < 4.78 is 1.31. The van der Waals surface area contributed by atoms with E-state index in [2.05, 4.69) is 31.9 Å². The van der Waals surface area contributed by atoms with Crippen LogP contribution in [0.3, 0.4) is 0 Å². The fourth-order valence-corrected chi connectivity index (χ4v) is 4.44. The Morgan fingerprint density at radius 3 is 2.71 bits per heavy atom. The maximum absolute atomic E-state index is 12.7. The van der Waals surface area contributed by atoms with Gasteiger partial charge in [-0.3, -0.25) is 15.1 Å². The predicted octanol–water partition coefficient (Wildman–Crippen LogP) is 5.28. The van der Waals surface area contributed by atoms with E-state index >= 15 is 0 Å². The molecule has 2 aromatic rings. The molecule has 3 rings (SSSR count). The average Bonchev–Trinajstić information content (AvgIpc) is 2.78. The van der Waals surface area contributed by atoms with Gasteiger partial charge in [0.25, 0.3) is 5.91 Å². The number of amides is 1. The van der Waals surface area contributed by atoms with Crippen molar-refractivity contribution in [2.24, 2.45) is 0 Å². The number of halogens is 2. The van der Waals surface area contributed by atoms with Gasteiger partial charge in [-0.25, -0.2) is 0 Å². The molecule has 1 aliphatic heterocycles. The summed E-state index contributed by atoms with van der Waals surface area (Å²) in [5.74, 6) is -0.217. The minimum atomic E-state index is -0.272. The van der Waals surface area contributed by atoms with Crippen LogP contribution in [0.5, 0.6) is 5.75 Å². The molecule has 7 heteroatoms. The van der Waals surface area contributed by atoms with Gasteiger partial charge < -0.3 is 5.11 Å². The molecular weight excluding hydrogens is 456 g/mol. The molecule has 2 aromatic carbocycles. The standard InChI is InChI=1S/C17H12Br2N2O2S/c1-9-3-2-4-12(5-9)21-16(23)14(24-17(21)20)7-10-6-11(18)8-13(19)15(10)22/h2-8,20,22H,1H3/b14-7-,20-17?. The summed E-state index contributed by atoms with van der Waals surface area (Å²) in [4.78, 5) is 14.5. The Morgan fingerprint density at radius 2 is 2.00 bits per heavy atom. The number of nitrogens with zero attached hydrogens (tertiary/aromatic N) is 1. The van der Waals surface area contributed by atoms with Gasteiger partial charge in [-0.1, -0.05) is 28.1 Å². The highest BCUT2D eigenvalue weighted by molar-refractivity contribution is 9.11. The summed E-state index contributed by atoms with van der Waals surface area (Å²) in [7, 11) is 0. The van der Waals surface area contributed by atoms with Crippen LogP contribution in [0.4, 0.5) is 5.69 Å². The normalized spacial score (nSPS) is 16.3. The maximum Gasteiger partial charge on any atom is 0.271 e. The number of aromatic hydroxyl groups is 1. The van der Waals surface area contributed by atoms with Gasteiger partial charge >= 0.3 is 0 Å². The molecule has 0 aliphatic carbocycles. The van der Waals surface area contributed by atoms with Crippen molar-refractivity contribution in [3.05, 3.63) is 61.4 Å². The zero-order valence-electron chi connectivity index (χ0n) is 12.5. The number of rotatable bonds is 2. The third-order valence-electron chi connectivity index (χ3n) is 3.43. The van der Waals surface area contributed by atoms with Gasteiger partial charge in [0.2, 0.25) is 0 Å². The van der Waals surface area contributed by atoms with Crippen molar-refractivity contribution in [1.29, 1.82) is 5.41 Å². The summed E-state index contributed by atoms with van der Waals surface area (Å²) in [6.45, 7) is 1.94. The second-order valence-corrected chi connectivity index (χ2v) is 8.02. The van der Waals surface area contributed by atoms with E-state index in [-0.39, 0.29) is 16.8 Å². The molecular formula is C17H12Br2N2O2S. The van der Waals surface area contributed by atoms with Gasteiger partial charge in [0.1, 0.15) is 5.75 Å². The van der Waals surface area contributed by atoms with Crippen LogP contribution in [0.15, 0.2) is 50.2 Å². The molecule has 0 aromatic heterocycles. The molecule has 1 aliphatic rings. The van der Waals surface area contributed by atoms with Crippen LogP contribution in [-0.4, -0.2) is 16.2 Å². The van der Waals surface area contributed by atoms with E-state index in [9.17, 15) is 9.90 Å². The molecule has 0 unspecified atom stereocenters. The summed E-state index contributed by atoms with van der Waals surface area (Å²) in [5.41, 5.74) is 2.19. The quantitative estimate of drug-likeness (QED) is 0.590. The first-order valence-electron chi connectivity index (χ1n) is 6.94. The van der Waals surface area contributed by atoms with Gasteiger partial charge in [0.15, 0.2) is 5.17 Å². The highest BCUT2D eigenvalue weighted by atomic mass is 79.9. The lowest BCUT2D eigenvalue weighted by Gasteiger charge is -2.14. The van der Waals surface area contributed by atoms with E-state index < -0.39 is 0 Å². The highest BCUT2D eigenvalue weighted by Gasteiger charge is 2.33. The van der Waals surface area contributed by atoms with Crippen molar-refractivity contribution in [2.75, 3.05) is 4.90 Å². The number of thioether (sulfide) groups is 1. The van der Waals surface area contributed by atoms with E-state index in [1.54, 1.807) is 24.3 Å². The number of nitrogens with one attached hydrogen (secondary N) is 1. The monoisotopic (exact) mass is 466 g/mol. The zero-order chi connectivity index (χ0) is 17.4. The van der Waals surface area contributed by atoms with Crippen molar-refractivity contribution < 1.29 is 9.90 Å². The molecule has 24 heavy (non-hydrogen) atoms. The lowest BCUT2D eigenvalue weighted by molar-refractivity contribution is -0.113. The number of benzene rings is 2. The molecule has 0 spiro atoms. The third-order valence-corrected chi connectivity index (χ3v) is 5.38. The van der Waals surface area contributed by atoms with Crippen molar-refractivity contribution >= 4 is 66.5 Å². The second kappa shape index (κ2) is 6.74. The molecule has 1 saturated heterocycles. The summed E-state index contributed by atoms with van der Waals surface area (Å²) >= 11 is 7.72. The van der Waals surface area contributed by atoms with Crippen LogP contribution in [0.1, 0.15) is 11.1 Å². The molecule has 0 bridgehead atoms. The lowest BCUT2D eigenvalue weighted by Crippen LogP contribution is -2.28. The van der Waals surface area contributed by atoms with Crippen LogP contribution >= 0.6 is 43.6 Å². The van der Waals surface area contributed by atoms with Crippen molar-refractivity contribution in [2.45, 2.75) is 6.92 Å². The number of phenolic OH excluding ortho intramolecular Hbond substituents is 1. The largest absolute Gasteiger partial charge is 0.506 e. The molecule has 4 nitrogen and oxygen atoms in total. The first-order chi connectivity index (χ1) is 11.4. The first kappa shape index (κ1) is 17.3. The number of aryl methyl sites for hydroxylation is 1. The van der Waals surface area contributed by atoms with Crippen molar-refractivity contribution in [3.8, 4) is 5.75 Å². The zero-order valence-corrected chi connectivity index (χ0v) is 16.5. The Balaban J connectivity index is 2.00. The molecule has 1 heterocycles. The van der Waals surface area contributed by atoms with E-state index in [1.165, 1.54) is 4.90 Å². The molecule has 2 N–H and O–H groups in total. The average molecular weight is 468 g/mol. The van der Waals surface area contributed by atoms with Gasteiger partial charge in [-0.2, -0.15) is 0 Å². The topological polar surface area (TPSA) is 64.4 Å². The molecule has 0 radical (unpaired) electrons. The van der Waals surface area contributed by atoms with Gasteiger partial charge in [0, 0.05) is 10.0 Å². The molecule has 1 fully saturated rings. The predicted molar refractivity (Wildman–Crippen MR) is 105 cm³/mol. The van der Waals surface area contributed by atoms with Crippen molar-refractivity contribution in [1.82, 2.24) is 0 Å². The first-order valence-corrected chi connectivity index (χ1v) is 9.34. The van der Waals surface area contributed by atoms with E-state index in [4.69, 9.17) is 5.41 Å². The van der Waals surface area contributed by atoms with Crippen LogP contribution in [0, 0.1) is 12.3 Å². The van der Waals surface area contributed by atoms with E-state index in [0.717, 1.165) is 21.8 Å². The van der Waals surface area contributed by atoms with Crippen LogP contribution in [0.2, 0.25) is 0 Å². The number of carbonyl (C=O) groups is 1. The van der Waals surface area contributed by atoms with Gasteiger partial charge in [0.05, 0.1) is 15.1 Å². The number of amidine groups is 1. The summed E-state index contributed by atoms with van der Waals surface area (Å²) in [6.07, 6.45) is 1.60. The molecule has 122 valence electrons. The van der Waals surface area contributed by atoms with E-state index in [1.807, 2.05) is 25.1 Å². The summed E-state index contributed by atoms with van der Waals surface area (Å²) in [5, 5.41) is 18.4. The number of hydrogen-bond donors (Lipinski definition) is 2. The molecule has 0 atom stereocenters. The van der Waals surface area contributed by atoms with Crippen LogP contribution < -0.4 is 4.90 Å². The van der Waals surface area contributed by atoms with Crippen molar-refractivity contribution in [3.63, 3.8) is 0 Å². The molecule has 0 saturated carbocycles. The lowest BCUT2D eigenvalue weighted by atomic mass is 10.1. The highest BCUT2D eigenvalue weighted by Crippen LogP contribution is 2.38. The Kier molecular flexibility index (Phi) is 4.85. The van der Waals surface area contributed by atoms with Crippen LogP contribution in [-0.2, 0) is 4.79 Å². The molecule has 1 amide bonds. The number of carbonyl (C=O) groups excluding carboxylic acids is 1. The van der Waals surface area contributed by atoms with Crippen LogP contribution in [0.25, 0.3) is 6.08 Å². The summed E-state index contributed by atoms with van der Waals surface area (Å²) in [6, 6.07) is 10.9. The minimum Gasteiger partial charge on any atom is -0.506 e. The minimum absolute atomic E-state index is 0.0552. The van der Waals surface area contributed by atoms with Gasteiger partial charge in [-0.05, 0) is 70.5 Å².